The van der Waals surface area contributed by atoms with Gasteiger partial charge in [-0.25, -0.2) is 0 Å². The molecular weight excluding hydrogens is 366 g/mol. The zero-order valence-electron chi connectivity index (χ0n) is 18.2. The summed E-state index contributed by atoms with van der Waals surface area (Å²) < 4.78 is 17.1. The molecule has 1 amide bonds. The molecule has 160 valence electrons. The van der Waals surface area contributed by atoms with Crippen molar-refractivity contribution < 1.29 is 19.0 Å². The Labute approximate surface area is 174 Å². The monoisotopic (exact) mass is 401 g/mol. The van der Waals surface area contributed by atoms with E-state index in [4.69, 9.17) is 14.2 Å². The van der Waals surface area contributed by atoms with E-state index in [0.717, 1.165) is 18.8 Å². The van der Waals surface area contributed by atoms with Gasteiger partial charge in [0, 0.05) is 26.2 Å². The second-order valence-corrected chi connectivity index (χ2v) is 9.60. The van der Waals surface area contributed by atoms with Crippen molar-refractivity contribution in [2.45, 2.75) is 58.6 Å². The Balaban J connectivity index is 1.55. The summed E-state index contributed by atoms with van der Waals surface area (Å²) in [6, 6.07) is 8.58. The van der Waals surface area contributed by atoms with Crippen LogP contribution in [0.2, 0.25) is 0 Å². The average molecular weight is 402 g/mol. The van der Waals surface area contributed by atoms with Crippen LogP contribution in [0.5, 0.6) is 5.75 Å². The molecule has 5 nitrogen and oxygen atoms in total. The third-order valence-corrected chi connectivity index (χ3v) is 7.90. The second-order valence-electron chi connectivity index (χ2n) is 9.60. The zero-order chi connectivity index (χ0) is 20.6. The summed E-state index contributed by atoms with van der Waals surface area (Å²) in [4.78, 5) is 12.3. The number of benzene rings is 1. The number of methoxy groups -OCH3 is 1. The van der Waals surface area contributed by atoms with E-state index in [0.29, 0.717) is 31.5 Å². The number of fused-ring (bicyclic) bond motifs is 1. The van der Waals surface area contributed by atoms with E-state index >= 15 is 0 Å². The summed E-state index contributed by atoms with van der Waals surface area (Å²) in [5.41, 5.74) is 1.51. The predicted octanol–water partition coefficient (Wildman–Crippen LogP) is 4.12. The first-order valence-electron chi connectivity index (χ1n) is 11.0. The summed E-state index contributed by atoms with van der Waals surface area (Å²) in [5, 5.41) is 3.42. The summed E-state index contributed by atoms with van der Waals surface area (Å²) in [5.74, 6) is 2.12. The molecule has 5 atom stereocenters. The fourth-order valence-corrected chi connectivity index (χ4v) is 6.38. The smallest absolute Gasteiger partial charge is 0.219 e. The fraction of sp³-hybridized carbons (Fsp3) is 0.708. The third-order valence-electron chi connectivity index (χ3n) is 7.90. The van der Waals surface area contributed by atoms with Crippen LogP contribution >= 0.6 is 0 Å². The van der Waals surface area contributed by atoms with Crippen LogP contribution in [0.4, 0.5) is 0 Å². The van der Waals surface area contributed by atoms with E-state index in [1.54, 1.807) is 7.11 Å². The molecular formula is C24H35NO4. The molecule has 2 saturated carbocycles. The van der Waals surface area contributed by atoms with Crippen LogP contribution in [0.25, 0.3) is 0 Å². The van der Waals surface area contributed by atoms with E-state index in [9.17, 15) is 4.79 Å². The van der Waals surface area contributed by atoms with Crippen LogP contribution in [0, 0.1) is 22.7 Å². The van der Waals surface area contributed by atoms with Gasteiger partial charge >= 0.3 is 0 Å². The Morgan fingerprint density at radius 3 is 2.69 bits per heavy atom. The highest BCUT2D eigenvalue weighted by molar-refractivity contribution is 5.76. The number of ether oxygens (including phenoxy) is 3. The fourth-order valence-electron chi connectivity index (χ4n) is 6.38. The van der Waals surface area contributed by atoms with Crippen molar-refractivity contribution >= 4 is 5.91 Å². The van der Waals surface area contributed by atoms with E-state index in [1.165, 1.54) is 18.4 Å². The maximum absolute atomic E-state index is 12.3. The van der Waals surface area contributed by atoms with Gasteiger partial charge in [-0.1, -0.05) is 32.9 Å². The van der Waals surface area contributed by atoms with Crippen LogP contribution < -0.4 is 10.1 Å². The lowest BCUT2D eigenvalue weighted by molar-refractivity contribution is -0.137. The Hall–Kier alpha value is -1.59. The van der Waals surface area contributed by atoms with Crippen molar-refractivity contribution in [3.63, 3.8) is 0 Å². The van der Waals surface area contributed by atoms with Gasteiger partial charge in [0.05, 0.1) is 12.7 Å². The Kier molecular flexibility index (Phi) is 5.64. The summed E-state index contributed by atoms with van der Waals surface area (Å²) >= 11 is 0. The van der Waals surface area contributed by atoms with E-state index in [2.05, 4.69) is 31.3 Å². The lowest BCUT2D eigenvalue weighted by Crippen LogP contribution is -2.58. The molecule has 1 saturated heterocycles. The van der Waals surface area contributed by atoms with Gasteiger partial charge in [-0.2, -0.15) is 0 Å². The van der Waals surface area contributed by atoms with Crippen molar-refractivity contribution in [3.05, 3.63) is 29.8 Å². The van der Waals surface area contributed by atoms with Crippen LogP contribution in [-0.2, 0) is 14.3 Å². The van der Waals surface area contributed by atoms with E-state index in [1.807, 2.05) is 19.1 Å². The normalized spacial score (nSPS) is 34.6. The molecule has 3 fully saturated rings. The number of hydrogen-bond acceptors (Lipinski definition) is 4. The van der Waals surface area contributed by atoms with Gasteiger partial charge in [0.15, 0.2) is 0 Å². The molecule has 1 spiro atoms. The van der Waals surface area contributed by atoms with Crippen LogP contribution in [-0.4, -0.2) is 38.9 Å². The topological polar surface area (TPSA) is 56.8 Å². The largest absolute Gasteiger partial charge is 0.491 e. The summed E-state index contributed by atoms with van der Waals surface area (Å²) in [6.07, 6.45) is 4.07. The molecule has 4 rings (SSSR count). The molecule has 0 radical (unpaired) electrons. The maximum Gasteiger partial charge on any atom is 0.219 e. The van der Waals surface area contributed by atoms with Crippen LogP contribution in [0.1, 0.15) is 58.1 Å². The molecule has 29 heavy (non-hydrogen) atoms. The Bertz CT molecular complexity index is 731. The quantitative estimate of drug-likeness (QED) is 0.698. The number of hydrogen-bond donors (Lipinski definition) is 1. The number of carbonyl (C=O) groups excluding carboxylic acids is 1. The standard InChI is InChI=1S/C24H35NO4/c1-5-20(26)25-22-23(2,3)17-14-19-21(29-11-10-24(19,22)15-17)16-6-8-18(9-7-16)28-13-12-27-4/h6-9,17,19,21-22H,5,10-15H2,1-4H3,(H,25,26)/t17-,19-,21-,22-,24?/m1/s1. The first-order chi connectivity index (χ1) is 13.9. The molecule has 5 heteroatoms. The number of carbonyl (C=O) groups is 1. The molecule has 3 aliphatic rings. The first-order valence-corrected chi connectivity index (χ1v) is 11.0. The maximum atomic E-state index is 12.3. The van der Waals surface area contributed by atoms with Crippen molar-refractivity contribution in [3.8, 4) is 5.75 Å². The minimum absolute atomic E-state index is 0.0962. The van der Waals surface area contributed by atoms with Gasteiger partial charge in [0.2, 0.25) is 5.91 Å². The van der Waals surface area contributed by atoms with E-state index in [-0.39, 0.29) is 28.9 Å². The Morgan fingerprint density at radius 1 is 1.24 bits per heavy atom. The van der Waals surface area contributed by atoms with Gasteiger partial charge in [0.25, 0.3) is 0 Å². The molecule has 1 heterocycles. The van der Waals surface area contributed by atoms with Gasteiger partial charge in [-0.15, -0.1) is 0 Å². The van der Waals surface area contributed by atoms with Crippen molar-refractivity contribution in [2.24, 2.45) is 22.7 Å². The molecule has 2 aliphatic carbocycles. The number of amides is 1. The van der Waals surface area contributed by atoms with Crippen LogP contribution in [0.3, 0.4) is 0 Å². The van der Waals surface area contributed by atoms with E-state index < -0.39 is 0 Å². The van der Waals surface area contributed by atoms with Gasteiger partial charge in [-0.3, -0.25) is 4.79 Å². The molecule has 0 aromatic heterocycles. The zero-order valence-corrected chi connectivity index (χ0v) is 18.2. The molecule has 1 aliphatic heterocycles. The Morgan fingerprint density at radius 2 is 2.00 bits per heavy atom. The van der Waals surface area contributed by atoms with Gasteiger partial charge in [0.1, 0.15) is 12.4 Å². The van der Waals surface area contributed by atoms with Crippen molar-refractivity contribution in [1.82, 2.24) is 5.32 Å². The molecule has 1 N–H and O–H groups in total. The lowest BCUT2D eigenvalue weighted by atomic mass is 9.59. The third kappa shape index (κ3) is 3.46. The van der Waals surface area contributed by atoms with Crippen LogP contribution in [0.15, 0.2) is 24.3 Å². The highest BCUT2D eigenvalue weighted by Crippen LogP contribution is 2.70. The summed E-state index contributed by atoms with van der Waals surface area (Å²) in [6.45, 7) is 8.53. The predicted molar refractivity (Wildman–Crippen MR) is 112 cm³/mol. The van der Waals surface area contributed by atoms with Crippen molar-refractivity contribution in [1.29, 1.82) is 0 Å². The first kappa shape index (κ1) is 20.7. The molecule has 2 bridgehead atoms. The lowest BCUT2D eigenvalue weighted by Gasteiger charge is -2.53. The molecule has 1 unspecified atom stereocenters. The van der Waals surface area contributed by atoms with Gasteiger partial charge < -0.3 is 19.5 Å². The second kappa shape index (κ2) is 7.92. The van der Waals surface area contributed by atoms with Gasteiger partial charge in [-0.05, 0) is 59.6 Å². The number of nitrogens with one attached hydrogen (secondary N) is 1. The SMILES string of the molecule is CCC(=O)N[C@@H]1C(C)(C)[C@@H]2C[C@@H]3[C@@H](c4ccc(OCCOC)cc4)OCCC31C2. The highest BCUT2D eigenvalue weighted by Gasteiger charge is 2.68. The minimum atomic E-state index is 0.0962. The highest BCUT2D eigenvalue weighted by atomic mass is 16.5. The minimum Gasteiger partial charge on any atom is -0.491 e. The van der Waals surface area contributed by atoms with Crippen molar-refractivity contribution in [2.75, 3.05) is 26.9 Å². The average Bonchev–Trinajstić information content (AvgIpc) is 3.21. The number of rotatable bonds is 7. The summed E-state index contributed by atoms with van der Waals surface area (Å²) in [7, 11) is 1.68. The molecule has 1 aromatic rings. The molecule has 1 aromatic carbocycles.